The molecule has 75 heavy (non-hydrogen) atoms. The third-order valence-electron chi connectivity index (χ3n) is 16.0. The zero-order chi connectivity index (χ0) is 48.9. The van der Waals surface area contributed by atoms with E-state index in [9.17, 15) is 0 Å². The highest BCUT2D eigenvalue weighted by Gasteiger charge is 2.23. The van der Waals surface area contributed by atoms with Crippen LogP contribution in [0.15, 0.2) is 243 Å². The number of para-hydroxylation sites is 5. The minimum Gasteiger partial charge on any atom is -0.309 e. The third-order valence-corrected chi connectivity index (χ3v) is 16.0. The van der Waals surface area contributed by atoms with Gasteiger partial charge in [0.25, 0.3) is 0 Å². The van der Waals surface area contributed by atoms with E-state index in [1.54, 1.807) is 0 Å². The smallest absolute Gasteiger partial charge is 0.240 e. The molecule has 0 aliphatic carbocycles. The van der Waals surface area contributed by atoms with Crippen molar-refractivity contribution in [2.24, 2.45) is 0 Å². The van der Waals surface area contributed by atoms with Gasteiger partial charge in [-0.2, -0.15) is 15.0 Å². The van der Waals surface area contributed by atoms with Gasteiger partial charge in [0.1, 0.15) is 0 Å². The lowest BCUT2D eigenvalue weighted by atomic mass is 9.91. The summed E-state index contributed by atoms with van der Waals surface area (Å²) in [5.74, 6) is 1.71. The van der Waals surface area contributed by atoms with Gasteiger partial charge in [-0.3, -0.25) is 9.13 Å². The van der Waals surface area contributed by atoms with Gasteiger partial charge in [-0.1, -0.05) is 176 Å². The number of nitrogens with zero attached hydrogens (tertiary/aromatic N) is 6. The molecule has 13 aromatic carbocycles. The van der Waals surface area contributed by atoms with Crippen molar-refractivity contribution in [3.05, 3.63) is 243 Å². The highest BCUT2D eigenvalue weighted by Crippen LogP contribution is 2.45. The first-order chi connectivity index (χ1) is 37.2. The Morgan fingerprint density at radius 3 is 0.933 bits per heavy atom. The summed E-state index contributed by atoms with van der Waals surface area (Å²) in [4.78, 5) is 16.3. The number of fused-ring (bicyclic) bond motifs is 21. The first kappa shape index (κ1) is 40.4. The summed E-state index contributed by atoms with van der Waals surface area (Å²) in [5, 5.41) is 21.7. The lowest BCUT2D eigenvalue weighted by Gasteiger charge is -2.15. The molecule has 0 saturated heterocycles. The van der Waals surface area contributed by atoms with E-state index in [1.807, 2.05) is 0 Å². The SMILES string of the molecule is c1ccc(-n2c3cc4c5ccccc5c5ccccc5c4cc3c3cc4c5ccccc5c5cc(-c6nc(-n7c8ccccc8c8ccccc87)nc(-n7c8ccccc8c8ccccc87)n6)ccc5c4cc32)cc1. The van der Waals surface area contributed by atoms with Crippen LogP contribution in [0.25, 0.3) is 159 Å². The molecule has 0 atom stereocenters. The largest absolute Gasteiger partial charge is 0.309 e. The van der Waals surface area contributed by atoms with E-state index in [1.165, 1.54) is 75.5 Å². The molecule has 0 N–H and O–H groups in total. The standard InChI is InChI=1S/C69H40N6/c1-2-18-42(19-3-1)73-65-39-57-46-23-7-5-21-44(46)43-20-4-6-22-45(43)55(57)37-59(65)60-38-56-48-25-9-8-24-47(48)54-36-41(34-35-49(54)58(56)40-66(60)73)67-70-68(74-61-30-14-10-26-50(61)51-27-11-15-31-62(51)74)72-69(71-67)75-63-32-16-12-28-52(63)53-29-13-17-33-64(53)75/h1-40H. The van der Waals surface area contributed by atoms with E-state index in [-0.39, 0.29) is 0 Å². The fourth-order valence-corrected chi connectivity index (χ4v) is 12.8. The van der Waals surface area contributed by atoms with Crippen molar-refractivity contribution >= 4 is 130 Å². The van der Waals surface area contributed by atoms with E-state index in [4.69, 9.17) is 15.0 Å². The van der Waals surface area contributed by atoms with E-state index < -0.39 is 0 Å². The maximum absolute atomic E-state index is 5.46. The second-order valence-corrected chi connectivity index (χ2v) is 19.9. The van der Waals surface area contributed by atoms with Crippen molar-refractivity contribution < 1.29 is 0 Å². The van der Waals surface area contributed by atoms with Crippen LogP contribution in [0.5, 0.6) is 0 Å². The predicted molar refractivity (Wildman–Crippen MR) is 313 cm³/mol. The van der Waals surface area contributed by atoms with Crippen LogP contribution >= 0.6 is 0 Å². The first-order valence-corrected chi connectivity index (χ1v) is 25.6. The second kappa shape index (κ2) is 15.2. The summed E-state index contributed by atoms with van der Waals surface area (Å²) in [6, 6.07) is 88.2. The highest BCUT2D eigenvalue weighted by atomic mass is 15.3. The number of hydrogen-bond acceptors (Lipinski definition) is 3. The molecule has 0 bridgehead atoms. The van der Waals surface area contributed by atoms with Crippen LogP contribution in [0.4, 0.5) is 0 Å². The lowest BCUT2D eigenvalue weighted by Crippen LogP contribution is -2.10. The molecule has 4 heterocycles. The molecule has 0 fully saturated rings. The van der Waals surface area contributed by atoms with Gasteiger partial charge in [-0.25, -0.2) is 0 Å². The van der Waals surface area contributed by atoms with Gasteiger partial charge >= 0.3 is 0 Å². The van der Waals surface area contributed by atoms with Crippen molar-refractivity contribution in [3.8, 4) is 29.0 Å². The molecule has 0 aliphatic heterocycles. The van der Waals surface area contributed by atoms with Crippen LogP contribution in [0, 0.1) is 0 Å². The fraction of sp³-hybridized carbons (Fsp3) is 0. The van der Waals surface area contributed by atoms with Gasteiger partial charge < -0.3 is 4.57 Å². The Labute approximate surface area is 428 Å². The Morgan fingerprint density at radius 2 is 0.520 bits per heavy atom. The van der Waals surface area contributed by atoms with Crippen LogP contribution in [0.2, 0.25) is 0 Å². The molecule has 6 nitrogen and oxygen atoms in total. The molecule has 6 heteroatoms. The third kappa shape index (κ3) is 5.65. The number of hydrogen-bond donors (Lipinski definition) is 0. The van der Waals surface area contributed by atoms with Gasteiger partial charge in [-0.15, -0.1) is 0 Å². The van der Waals surface area contributed by atoms with Crippen LogP contribution in [0.1, 0.15) is 0 Å². The summed E-state index contributed by atoms with van der Waals surface area (Å²) in [6.07, 6.45) is 0. The van der Waals surface area contributed by atoms with Crippen molar-refractivity contribution in [1.82, 2.24) is 28.7 Å². The Balaban J connectivity index is 0.956. The maximum atomic E-state index is 5.46. The maximum Gasteiger partial charge on any atom is 0.240 e. The Bertz CT molecular complexity index is 5070. The Morgan fingerprint density at radius 1 is 0.200 bits per heavy atom. The summed E-state index contributed by atoms with van der Waals surface area (Å²) in [5.41, 5.74) is 8.53. The number of benzene rings is 13. The van der Waals surface area contributed by atoms with Gasteiger partial charge in [0.15, 0.2) is 5.82 Å². The molecular formula is C69H40N6. The molecule has 0 unspecified atom stereocenters. The second-order valence-electron chi connectivity index (χ2n) is 19.9. The van der Waals surface area contributed by atoms with Crippen molar-refractivity contribution in [2.45, 2.75) is 0 Å². The van der Waals surface area contributed by atoms with Crippen molar-refractivity contribution in [1.29, 1.82) is 0 Å². The van der Waals surface area contributed by atoms with Crippen LogP contribution in [0.3, 0.4) is 0 Å². The molecule has 0 aliphatic rings. The van der Waals surface area contributed by atoms with E-state index in [2.05, 4.69) is 256 Å². The first-order valence-electron chi connectivity index (χ1n) is 25.6. The molecule has 17 aromatic rings. The van der Waals surface area contributed by atoms with E-state index in [0.29, 0.717) is 17.7 Å². The van der Waals surface area contributed by atoms with Crippen LogP contribution in [-0.4, -0.2) is 28.7 Å². The van der Waals surface area contributed by atoms with Gasteiger partial charge in [0.2, 0.25) is 11.9 Å². The quantitative estimate of drug-likeness (QED) is 0.165. The summed E-state index contributed by atoms with van der Waals surface area (Å²) < 4.78 is 6.87. The fourth-order valence-electron chi connectivity index (χ4n) is 12.8. The Kier molecular flexibility index (Phi) is 8.18. The zero-order valence-electron chi connectivity index (χ0n) is 40.3. The highest BCUT2D eigenvalue weighted by molar-refractivity contribution is 6.32. The van der Waals surface area contributed by atoms with E-state index >= 15 is 0 Å². The normalized spacial score (nSPS) is 12.3. The average molecular weight is 953 g/mol. The Hall–Kier alpha value is -10.2. The van der Waals surface area contributed by atoms with Crippen LogP contribution < -0.4 is 0 Å². The van der Waals surface area contributed by atoms with Crippen LogP contribution in [-0.2, 0) is 0 Å². The number of aromatic nitrogens is 6. The number of rotatable bonds is 4. The molecule has 346 valence electrons. The average Bonchev–Trinajstić information content (AvgIpc) is 4.13. The molecular weight excluding hydrogens is 913 g/mol. The van der Waals surface area contributed by atoms with E-state index in [0.717, 1.165) is 65.8 Å². The minimum atomic E-state index is 0.558. The molecule has 0 radical (unpaired) electrons. The van der Waals surface area contributed by atoms with Gasteiger partial charge in [0.05, 0.1) is 33.1 Å². The topological polar surface area (TPSA) is 53.5 Å². The molecule has 0 spiro atoms. The predicted octanol–water partition coefficient (Wildman–Crippen LogP) is 17.7. The van der Waals surface area contributed by atoms with Gasteiger partial charge in [0, 0.05) is 43.6 Å². The van der Waals surface area contributed by atoms with Gasteiger partial charge in [-0.05, 0) is 131 Å². The molecule has 0 amide bonds. The zero-order valence-corrected chi connectivity index (χ0v) is 40.3. The lowest BCUT2D eigenvalue weighted by molar-refractivity contribution is 0.893. The summed E-state index contributed by atoms with van der Waals surface area (Å²) in [6.45, 7) is 0. The van der Waals surface area contributed by atoms with Crippen molar-refractivity contribution in [2.75, 3.05) is 0 Å². The monoisotopic (exact) mass is 952 g/mol. The molecule has 17 rings (SSSR count). The van der Waals surface area contributed by atoms with Crippen molar-refractivity contribution in [3.63, 3.8) is 0 Å². The molecule has 4 aromatic heterocycles. The minimum absolute atomic E-state index is 0.558. The molecule has 0 saturated carbocycles. The summed E-state index contributed by atoms with van der Waals surface area (Å²) in [7, 11) is 0. The summed E-state index contributed by atoms with van der Waals surface area (Å²) >= 11 is 0.